The minimum Gasteiger partial charge on any atom is -0.119 e. The first-order chi connectivity index (χ1) is 9.20. The Balaban J connectivity index is 2.13. The molecule has 2 aromatic rings. The number of allylic oxidation sites excluding steroid dienone is 1. The molecule has 2 aromatic carbocycles. The van der Waals surface area contributed by atoms with Crippen LogP contribution in [-0.2, 0) is 0 Å². The van der Waals surface area contributed by atoms with Crippen LogP contribution in [0, 0.1) is 12.3 Å². The van der Waals surface area contributed by atoms with Crippen molar-refractivity contribution in [3.05, 3.63) is 77.3 Å². The first kappa shape index (κ1) is 13.5. The van der Waals surface area contributed by atoms with Crippen molar-refractivity contribution in [3.63, 3.8) is 0 Å². The fourth-order valence-electron chi connectivity index (χ4n) is 2.01. The molecule has 0 saturated carbocycles. The second kappa shape index (κ2) is 6.27. The Morgan fingerprint density at radius 3 is 2.32 bits per heavy atom. The highest BCUT2D eigenvalue weighted by atomic mass is 35.5. The topological polar surface area (TPSA) is 0 Å². The highest BCUT2D eigenvalue weighted by molar-refractivity contribution is 6.30. The van der Waals surface area contributed by atoms with E-state index in [1.54, 1.807) is 0 Å². The molecule has 0 aromatic heterocycles. The van der Waals surface area contributed by atoms with Crippen molar-refractivity contribution in [3.8, 4) is 12.3 Å². The Bertz CT molecular complexity index is 588. The smallest absolute Gasteiger partial charge is 0.0489 e. The molecule has 0 nitrogen and oxygen atoms in total. The molecule has 0 fully saturated rings. The van der Waals surface area contributed by atoms with E-state index in [-0.39, 0.29) is 5.92 Å². The maximum atomic E-state index is 5.88. The number of hydrogen-bond donors (Lipinski definition) is 0. The molecule has 1 atom stereocenters. The van der Waals surface area contributed by atoms with E-state index in [1.165, 1.54) is 0 Å². The van der Waals surface area contributed by atoms with Gasteiger partial charge in [-0.2, -0.15) is 0 Å². The summed E-state index contributed by atoms with van der Waals surface area (Å²) < 4.78 is 0. The zero-order chi connectivity index (χ0) is 13.7. The van der Waals surface area contributed by atoms with E-state index in [0.717, 1.165) is 28.1 Å². The molecular weight excluding hydrogens is 252 g/mol. The Morgan fingerprint density at radius 2 is 1.74 bits per heavy atom. The van der Waals surface area contributed by atoms with Crippen molar-refractivity contribution in [1.29, 1.82) is 0 Å². The van der Waals surface area contributed by atoms with Crippen molar-refractivity contribution in [2.75, 3.05) is 0 Å². The van der Waals surface area contributed by atoms with Crippen LogP contribution < -0.4 is 0 Å². The highest BCUT2D eigenvalue weighted by Gasteiger charge is 2.10. The quantitative estimate of drug-likeness (QED) is 0.671. The van der Waals surface area contributed by atoms with Crippen LogP contribution in [0.5, 0.6) is 0 Å². The average Bonchev–Trinajstić information content (AvgIpc) is 2.46. The van der Waals surface area contributed by atoms with E-state index in [4.69, 9.17) is 18.0 Å². The molecular formula is C18H15Cl. The number of rotatable bonds is 4. The molecule has 2 rings (SSSR count). The molecule has 0 heterocycles. The van der Waals surface area contributed by atoms with Gasteiger partial charge >= 0.3 is 0 Å². The summed E-state index contributed by atoms with van der Waals surface area (Å²) in [5.74, 6) is 2.90. The van der Waals surface area contributed by atoms with Gasteiger partial charge in [0.05, 0.1) is 0 Å². The molecule has 0 bridgehead atoms. The maximum Gasteiger partial charge on any atom is 0.0489 e. The van der Waals surface area contributed by atoms with Crippen molar-refractivity contribution >= 4 is 17.2 Å². The van der Waals surface area contributed by atoms with Gasteiger partial charge in [0.1, 0.15) is 0 Å². The minimum absolute atomic E-state index is 0.0596. The maximum absolute atomic E-state index is 5.88. The van der Waals surface area contributed by atoms with Crippen LogP contribution in [0.15, 0.2) is 61.2 Å². The Morgan fingerprint density at radius 1 is 1.11 bits per heavy atom. The lowest BCUT2D eigenvalue weighted by atomic mass is 9.90. The first-order valence-electron chi connectivity index (χ1n) is 6.15. The zero-order valence-electron chi connectivity index (χ0n) is 10.6. The van der Waals surface area contributed by atoms with Gasteiger partial charge in [-0.05, 0) is 35.3 Å². The molecule has 1 heteroatoms. The fraction of sp³-hybridized carbons (Fsp3) is 0.111. The number of benzene rings is 2. The molecule has 0 aliphatic rings. The molecule has 0 N–H and O–H groups in total. The third-order valence-corrected chi connectivity index (χ3v) is 3.36. The SMILES string of the molecule is C#CC(CC(=C)c1ccc(Cl)cc1)c1ccccc1. The van der Waals surface area contributed by atoms with Gasteiger partial charge in [0, 0.05) is 10.9 Å². The summed E-state index contributed by atoms with van der Waals surface area (Å²) in [6.07, 6.45) is 6.40. The van der Waals surface area contributed by atoms with E-state index < -0.39 is 0 Å². The summed E-state index contributed by atoms with van der Waals surface area (Å²) in [5.41, 5.74) is 3.27. The summed E-state index contributed by atoms with van der Waals surface area (Å²) >= 11 is 5.88. The standard InChI is InChI=1S/C18H15Cl/c1-3-15(17-7-5-4-6-8-17)13-14(2)16-9-11-18(19)12-10-16/h1,4-12,15H,2,13H2. The van der Waals surface area contributed by atoms with Crippen LogP contribution in [-0.4, -0.2) is 0 Å². The van der Waals surface area contributed by atoms with Crippen molar-refractivity contribution in [2.24, 2.45) is 0 Å². The molecule has 94 valence electrons. The molecule has 0 aliphatic carbocycles. The minimum atomic E-state index is 0.0596. The fourth-order valence-corrected chi connectivity index (χ4v) is 2.13. The lowest BCUT2D eigenvalue weighted by Gasteiger charge is -2.13. The Hall–Kier alpha value is -1.97. The lowest BCUT2D eigenvalue weighted by molar-refractivity contribution is 0.909. The van der Waals surface area contributed by atoms with Gasteiger partial charge in [-0.15, -0.1) is 6.42 Å². The molecule has 0 amide bonds. The molecule has 1 unspecified atom stereocenters. The number of halogens is 1. The number of hydrogen-bond acceptors (Lipinski definition) is 0. The van der Waals surface area contributed by atoms with Crippen LogP contribution in [0.2, 0.25) is 5.02 Å². The second-order valence-electron chi connectivity index (χ2n) is 4.44. The van der Waals surface area contributed by atoms with Gasteiger partial charge in [-0.1, -0.05) is 66.6 Å². The molecule has 0 radical (unpaired) electrons. The average molecular weight is 267 g/mol. The van der Waals surface area contributed by atoms with Gasteiger partial charge in [-0.25, -0.2) is 0 Å². The van der Waals surface area contributed by atoms with E-state index in [1.807, 2.05) is 42.5 Å². The normalized spacial score (nSPS) is 11.6. The first-order valence-corrected chi connectivity index (χ1v) is 6.53. The summed E-state index contributed by atoms with van der Waals surface area (Å²) in [6, 6.07) is 17.8. The second-order valence-corrected chi connectivity index (χ2v) is 4.88. The molecule has 0 spiro atoms. The van der Waals surface area contributed by atoms with Gasteiger partial charge < -0.3 is 0 Å². The van der Waals surface area contributed by atoms with E-state index in [0.29, 0.717) is 0 Å². The van der Waals surface area contributed by atoms with Gasteiger partial charge in [0.25, 0.3) is 0 Å². The Kier molecular flexibility index (Phi) is 4.44. The highest BCUT2D eigenvalue weighted by Crippen LogP contribution is 2.28. The third kappa shape index (κ3) is 3.50. The van der Waals surface area contributed by atoms with E-state index >= 15 is 0 Å². The third-order valence-electron chi connectivity index (χ3n) is 3.11. The lowest BCUT2D eigenvalue weighted by Crippen LogP contribution is -1.97. The number of terminal acetylenes is 1. The summed E-state index contributed by atoms with van der Waals surface area (Å²) in [7, 11) is 0. The largest absolute Gasteiger partial charge is 0.119 e. The molecule has 0 aliphatic heterocycles. The van der Waals surface area contributed by atoms with E-state index in [9.17, 15) is 0 Å². The zero-order valence-corrected chi connectivity index (χ0v) is 11.4. The van der Waals surface area contributed by atoms with Crippen LogP contribution >= 0.6 is 11.6 Å². The summed E-state index contributed by atoms with van der Waals surface area (Å²) in [6.45, 7) is 4.13. The molecule has 0 saturated heterocycles. The monoisotopic (exact) mass is 266 g/mol. The summed E-state index contributed by atoms with van der Waals surface area (Å²) in [4.78, 5) is 0. The molecule has 19 heavy (non-hydrogen) atoms. The van der Waals surface area contributed by atoms with Crippen molar-refractivity contribution < 1.29 is 0 Å². The van der Waals surface area contributed by atoms with Crippen LogP contribution in [0.25, 0.3) is 5.57 Å². The van der Waals surface area contributed by atoms with Crippen molar-refractivity contribution in [1.82, 2.24) is 0 Å². The van der Waals surface area contributed by atoms with E-state index in [2.05, 4.69) is 24.6 Å². The van der Waals surface area contributed by atoms with Crippen molar-refractivity contribution in [2.45, 2.75) is 12.3 Å². The van der Waals surface area contributed by atoms with Crippen LogP contribution in [0.4, 0.5) is 0 Å². The van der Waals surface area contributed by atoms with Gasteiger partial charge in [0.15, 0.2) is 0 Å². The van der Waals surface area contributed by atoms with Gasteiger partial charge in [-0.3, -0.25) is 0 Å². The predicted octanol–water partition coefficient (Wildman–Crippen LogP) is 5.16. The van der Waals surface area contributed by atoms with Gasteiger partial charge in [0.2, 0.25) is 0 Å². The Labute approximate surface area is 119 Å². The van der Waals surface area contributed by atoms with Crippen LogP contribution in [0.3, 0.4) is 0 Å². The predicted molar refractivity (Wildman–Crippen MR) is 83.1 cm³/mol. The van der Waals surface area contributed by atoms with Crippen LogP contribution in [0.1, 0.15) is 23.5 Å². The summed E-state index contributed by atoms with van der Waals surface area (Å²) in [5, 5.41) is 0.730.